The van der Waals surface area contributed by atoms with E-state index in [0.29, 0.717) is 11.4 Å². The smallest absolute Gasteiger partial charge is 0.160 e. The van der Waals surface area contributed by atoms with Gasteiger partial charge in [0.25, 0.3) is 0 Å². The number of nitrogens with zero attached hydrogens (tertiary/aromatic N) is 3. The van der Waals surface area contributed by atoms with Gasteiger partial charge in [-0.3, -0.25) is 0 Å². The summed E-state index contributed by atoms with van der Waals surface area (Å²) in [6.45, 7) is 0. The van der Waals surface area contributed by atoms with Gasteiger partial charge in [-0.15, -0.1) is 0 Å². The van der Waals surface area contributed by atoms with Gasteiger partial charge in [-0.25, -0.2) is 9.97 Å². The zero-order valence-electron chi connectivity index (χ0n) is 30.1. The van der Waals surface area contributed by atoms with E-state index in [1.165, 1.54) is 53.9 Å². The highest BCUT2D eigenvalue weighted by Crippen LogP contribution is 2.62. The number of aromatic nitrogens is 2. The summed E-state index contributed by atoms with van der Waals surface area (Å²) < 4.78 is 0. The summed E-state index contributed by atoms with van der Waals surface area (Å²) in [6, 6.07) is 69.2. The molecule has 0 N–H and O–H groups in total. The fourth-order valence-corrected chi connectivity index (χ4v) is 9.96. The molecule has 1 aliphatic heterocycles. The van der Waals surface area contributed by atoms with Gasteiger partial charge in [0.05, 0.1) is 28.4 Å². The van der Waals surface area contributed by atoms with Crippen LogP contribution in [-0.4, -0.2) is 9.97 Å². The average molecular weight is 730 g/mol. The standard InChI is InChI=1S/C52H31N3S/c53-32-33-18-20-35(21-19-33)38-25-27-50-46(29-38)52(44-16-8-9-17-49(44)56-50)43-15-7-6-14-41(43)42-26-24-40(30-45(42)52)51-54-47(36-11-2-1-3-12-36)31-48(55-51)39-23-22-34-10-4-5-13-37(34)28-39/h1-31H. The summed E-state index contributed by atoms with van der Waals surface area (Å²) in [4.78, 5) is 13.1. The van der Waals surface area contributed by atoms with Crippen LogP contribution in [0.1, 0.15) is 27.8 Å². The van der Waals surface area contributed by atoms with Gasteiger partial charge in [0.2, 0.25) is 0 Å². The van der Waals surface area contributed by atoms with Crippen LogP contribution in [0, 0.1) is 11.3 Å². The molecule has 1 unspecified atom stereocenters. The zero-order valence-corrected chi connectivity index (χ0v) is 31.0. The fourth-order valence-electron chi connectivity index (χ4n) is 8.79. The first-order valence-electron chi connectivity index (χ1n) is 18.8. The SMILES string of the molecule is N#Cc1ccc(-c2ccc3c(c2)C2(c4ccccc4S3)c3ccccc3-c3ccc(-c4nc(-c5ccccc5)cc(-c5ccc6ccccc6c5)n4)cc32)cc1. The molecule has 1 spiro atoms. The molecule has 0 saturated carbocycles. The fraction of sp³-hybridized carbons (Fsp3) is 0.0192. The number of hydrogen-bond acceptors (Lipinski definition) is 4. The number of rotatable bonds is 4. The summed E-state index contributed by atoms with van der Waals surface area (Å²) in [5, 5.41) is 11.9. The van der Waals surface area contributed by atoms with E-state index in [-0.39, 0.29) is 0 Å². The molecule has 2 aliphatic rings. The Morgan fingerprint density at radius 3 is 1.88 bits per heavy atom. The largest absolute Gasteiger partial charge is 0.228 e. The van der Waals surface area contributed by atoms with Gasteiger partial charge in [-0.2, -0.15) is 5.26 Å². The Morgan fingerprint density at radius 2 is 1.04 bits per heavy atom. The highest BCUT2D eigenvalue weighted by atomic mass is 32.2. The number of nitriles is 1. The van der Waals surface area contributed by atoms with E-state index in [0.717, 1.165) is 39.2 Å². The van der Waals surface area contributed by atoms with Crippen molar-refractivity contribution in [2.24, 2.45) is 0 Å². The van der Waals surface area contributed by atoms with E-state index in [4.69, 9.17) is 9.97 Å². The van der Waals surface area contributed by atoms with Gasteiger partial charge in [0, 0.05) is 26.5 Å². The van der Waals surface area contributed by atoms with Crippen molar-refractivity contribution >= 4 is 22.5 Å². The van der Waals surface area contributed by atoms with Crippen molar-refractivity contribution in [1.29, 1.82) is 5.26 Å². The maximum Gasteiger partial charge on any atom is 0.160 e. The lowest BCUT2D eigenvalue weighted by Crippen LogP contribution is -2.32. The van der Waals surface area contributed by atoms with Gasteiger partial charge in [-0.1, -0.05) is 151 Å². The third kappa shape index (κ3) is 4.99. The molecule has 0 saturated heterocycles. The predicted octanol–water partition coefficient (Wildman–Crippen LogP) is 13.0. The second-order valence-corrected chi connectivity index (χ2v) is 15.5. The van der Waals surface area contributed by atoms with Crippen molar-refractivity contribution in [2.45, 2.75) is 15.2 Å². The second kappa shape index (κ2) is 12.8. The van der Waals surface area contributed by atoms with Gasteiger partial charge in [0.1, 0.15) is 0 Å². The van der Waals surface area contributed by atoms with E-state index in [2.05, 4.69) is 176 Å². The van der Waals surface area contributed by atoms with Crippen LogP contribution in [0.25, 0.3) is 66.9 Å². The Kier molecular flexibility index (Phi) is 7.38. The molecule has 4 heteroatoms. The zero-order chi connectivity index (χ0) is 37.2. The van der Waals surface area contributed by atoms with Crippen molar-refractivity contribution in [3.05, 3.63) is 216 Å². The summed E-state index contributed by atoms with van der Waals surface area (Å²) >= 11 is 1.84. The topological polar surface area (TPSA) is 49.6 Å². The average Bonchev–Trinajstić information content (AvgIpc) is 3.56. The van der Waals surface area contributed by atoms with Crippen LogP contribution in [0.2, 0.25) is 0 Å². The Balaban J connectivity index is 1.16. The van der Waals surface area contributed by atoms with E-state index in [1.54, 1.807) is 0 Å². The summed E-state index contributed by atoms with van der Waals surface area (Å²) in [5.74, 6) is 0.688. The minimum atomic E-state index is -0.583. The molecule has 3 nitrogen and oxygen atoms in total. The van der Waals surface area contributed by atoms with Gasteiger partial charge in [0.15, 0.2) is 5.82 Å². The van der Waals surface area contributed by atoms with Crippen molar-refractivity contribution in [3.63, 3.8) is 0 Å². The molecule has 8 aromatic carbocycles. The summed E-state index contributed by atoms with van der Waals surface area (Å²) in [7, 11) is 0. The molecule has 11 rings (SSSR count). The maximum atomic E-state index is 9.50. The van der Waals surface area contributed by atoms with Gasteiger partial charge >= 0.3 is 0 Å². The lowest BCUT2D eigenvalue weighted by Gasteiger charge is -2.40. The Hall–Kier alpha value is -7.06. The lowest BCUT2D eigenvalue weighted by molar-refractivity contribution is 0.723. The van der Waals surface area contributed by atoms with Crippen LogP contribution in [0.3, 0.4) is 0 Å². The third-order valence-electron chi connectivity index (χ3n) is 11.4. The molecule has 1 aromatic heterocycles. The highest BCUT2D eigenvalue weighted by Gasteiger charge is 2.50. The molecule has 1 aliphatic carbocycles. The monoisotopic (exact) mass is 729 g/mol. The minimum Gasteiger partial charge on any atom is -0.228 e. The van der Waals surface area contributed by atoms with E-state index in [1.807, 2.05) is 30.0 Å². The predicted molar refractivity (Wildman–Crippen MR) is 227 cm³/mol. The Bertz CT molecular complexity index is 3070. The molecule has 0 bridgehead atoms. The second-order valence-electron chi connectivity index (χ2n) is 14.4. The maximum absolute atomic E-state index is 9.50. The highest BCUT2D eigenvalue weighted by molar-refractivity contribution is 7.99. The third-order valence-corrected chi connectivity index (χ3v) is 12.5. The normalized spacial score (nSPS) is 14.8. The van der Waals surface area contributed by atoms with Crippen LogP contribution in [0.15, 0.2) is 198 Å². The first-order chi connectivity index (χ1) is 27.7. The molecule has 0 radical (unpaired) electrons. The van der Waals surface area contributed by atoms with Crippen molar-refractivity contribution in [2.75, 3.05) is 0 Å². The first-order valence-corrected chi connectivity index (χ1v) is 19.6. The molecule has 1 atom stereocenters. The van der Waals surface area contributed by atoms with Crippen molar-refractivity contribution in [1.82, 2.24) is 9.97 Å². The van der Waals surface area contributed by atoms with Crippen LogP contribution in [0.4, 0.5) is 0 Å². The van der Waals surface area contributed by atoms with Crippen LogP contribution in [0.5, 0.6) is 0 Å². The molecule has 56 heavy (non-hydrogen) atoms. The molecule has 260 valence electrons. The van der Waals surface area contributed by atoms with Gasteiger partial charge in [-0.05, 0) is 104 Å². The van der Waals surface area contributed by atoms with Crippen LogP contribution >= 0.6 is 11.8 Å². The number of hydrogen-bond donors (Lipinski definition) is 0. The quantitative estimate of drug-likeness (QED) is 0.181. The minimum absolute atomic E-state index is 0.583. The van der Waals surface area contributed by atoms with Crippen molar-refractivity contribution < 1.29 is 0 Å². The van der Waals surface area contributed by atoms with Crippen LogP contribution in [-0.2, 0) is 5.41 Å². The summed E-state index contributed by atoms with van der Waals surface area (Å²) in [5.41, 5.74) is 14.6. The molecule has 2 heterocycles. The number of fused-ring (bicyclic) bond motifs is 10. The van der Waals surface area contributed by atoms with E-state index < -0.39 is 5.41 Å². The number of benzene rings is 8. The van der Waals surface area contributed by atoms with E-state index in [9.17, 15) is 5.26 Å². The van der Waals surface area contributed by atoms with Gasteiger partial charge < -0.3 is 0 Å². The first kappa shape index (κ1) is 32.4. The van der Waals surface area contributed by atoms with E-state index >= 15 is 0 Å². The Morgan fingerprint density at radius 1 is 0.411 bits per heavy atom. The van der Waals surface area contributed by atoms with Crippen LogP contribution < -0.4 is 0 Å². The molecule has 0 amide bonds. The molecule has 9 aromatic rings. The Labute approximate surface area is 329 Å². The summed E-state index contributed by atoms with van der Waals surface area (Å²) in [6.07, 6.45) is 0. The molecular formula is C52H31N3S. The molecular weight excluding hydrogens is 699 g/mol. The molecule has 0 fully saturated rings. The lowest BCUT2D eigenvalue weighted by atomic mass is 9.66. The van der Waals surface area contributed by atoms with Crippen molar-refractivity contribution in [3.8, 4) is 62.2 Å².